The Balaban J connectivity index is 2.68. The van der Waals surface area contributed by atoms with Gasteiger partial charge in [-0.2, -0.15) is 0 Å². The number of nitrogens with one attached hydrogen (secondary N) is 1. The van der Waals surface area contributed by atoms with E-state index in [0.717, 1.165) is 0 Å². The SMILES string of the molecule is C#CCNCCO/N=C1\[C@H](C)C[C@@](C)(OC)[C@H](O[C@@H]2O[C@H](C)C[C@H](N(C)C)[C@H]2O)[C@@H](C)C(=O)[C@@H](C)C(=O)O[C@H](CC)[C@@](C)(O)[C@H](O)[C@H]1C. The molecule has 276 valence electrons. The van der Waals surface area contributed by atoms with Gasteiger partial charge in [-0.25, -0.2) is 0 Å². The maximum absolute atomic E-state index is 14.0. The zero-order valence-electron chi connectivity index (χ0n) is 30.8. The van der Waals surface area contributed by atoms with Crippen molar-refractivity contribution in [3.05, 3.63) is 0 Å². The van der Waals surface area contributed by atoms with Gasteiger partial charge in [-0.1, -0.05) is 38.8 Å². The van der Waals surface area contributed by atoms with Gasteiger partial charge in [0.15, 0.2) is 12.1 Å². The van der Waals surface area contributed by atoms with E-state index in [9.17, 15) is 24.9 Å². The molecule has 13 heteroatoms. The highest BCUT2D eigenvalue weighted by Gasteiger charge is 2.51. The molecule has 0 amide bonds. The van der Waals surface area contributed by atoms with E-state index in [-0.39, 0.29) is 31.6 Å². The Morgan fingerprint density at radius 2 is 1.77 bits per heavy atom. The summed E-state index contributed by atoms with van der Waals surface area (Å²) in [5.74, 6) is -2.20. The number of hydrogen-bond acceptors (Lipinski definition) is 13. The second-order valence-electron chi connectivity index (χ2n) is 14.2. The first-order valence-corrected chi connectivity index (χ1v) is 17.1. The molecule has 0 aromatic rings. The van der Waals surface area contributed by atoms with E-state index < -0.39 is 77.3 Å². The van der Waals surface area contributed by atoms with Crippen LogP contribution in [0.3, 0.4) is 0 Å². The lowest BCUT2D eigenvalue weighted by atomic mass is 9.74. The third-order valence-electron chi connectivity index (χ3n) is 10.1. The summed E-state index contributed by atoms with van der Waals surface area (Å²) >= 11 is 0. The number of terminal acetylenes is 1. The average Bonchev–Trinajstić information content (AvgIpc) is 3.04. The van der Waals surface area contributed by atoms with Crippen LogP contribution in [-0.2, 0) is 33.4 Å². The van der Waals surface area contributed by atoms with E-state index in [1.807, 2.05) is 32.8 Å². The molecule has 2 fully saturated rings. The van der Waals surface area contributed by atoms with Gasteiger partial charge in [0.1, 0.15) is 30.3 Å². The highest BCUT2D eigenvalue weighted by molar-refractivity contribution is 6.00. The zero-order valence-corrected chi connectivity index (χ0v) is 30.8. The first-order chi connectivity index (χ1) is 22.4. The fraction of sp³-hybridized carbons (Fsp3) is 0.857. The van der Waals surface area contributed by atoms with E-state index in [1.165, 1.54) is 21.0 Å². The van der Waals surface area contributed by atoms with Crippen molar-refractivity contribution in [2.75, 3.05) is 40.9 Å². The molecule has 0 unspecified atom stereocenters. The van der Waals surface area contributed by atoms with Crippen LogP contribution in [0.1, 0.15) is 74.7 Å². The molecule has 0 bridgehead atoms. The molecule has 48 heavy (non-hydrogen) atoms. The molecular weight excluding hydrogens is 622 g/mol. The number of methoxy groups -OCH3 is 1. The quantitative estimate of drug-likeness (QED) is 0.0867. The minimum absolute atomic E-state index is 0.175. The molecule has 4 N–H and O–H groups in total. The van der Waals surface area contributed by atoms with Crippen molar-refractivity contribution in [1.29, 1.82) is 0 Å². The predicted octanol–water partition coefficient (Wildman–Crippen LogP) is 1.75. The number of hydrogen-bond donors (Lipinski definition) is 4. The van der Waals surface area contributed by atoms with Crippen molar-refractivity contribution in [3.8, 4) is 12.3 Å². The fourth-order valence-electron chi connectivity index (χ4n) is 7.01. The number of aliphatic hydroxyl groups excluding tert-OH is 2. The lowest BCUT2D eigenvalue weighted by Gasteiger charge is -2.47. The molecule has 2 aliphatic rings. The number of oxime groups is 1. The average molecular weight is 684 g/mol. The van der Waals surface area contributed by atoms with Gasteiger partial charge in [0.05, 0.1) is 36.2 Å². The van der Waals surface area contributed by atoms with Crippen LogP contribution in [0, 0.1) is 36.0 Å². The summed E-state index contributed by atoms with van der Waals surface area (Å²) in [6.45, 7) is 14.5. The van der Waals surface area contributed by atoms with Crippen molar-refractivity contribution in [2.45, 2.75) is 129 Å². The molecule has 0 spiro atoms. The number of rotatable bonds is 10. The molecule has 0 aromatic heterocycles. The Bertz CT molecular complexity index is 1130. The third-order valence-corrected chi connectivity index (χ3v) is 10.1. The summed E-state index contributed by atoms with van der Waals surface area (Å²) in [6, 6.07) is -0.267. The smallest absolute Gasteiger partial charge is 0.316 e. The van der Waals surface area contributed by atoms with Gasteiger partial charge < -0.3 is 49.3 Å². The highest BCUT2D eigenvalue weighted by atomic mass is 16.7. The van der Waals surface area contributed by atoms with Crippen LogP contribution in [0.4, 0.5) is 0 Å². The molecule has 0 aliphatic carbocycles. The second kappa shape index (κ2) is 18.2. The summed E-state index contributed by atoms with van der Waals surface area (Å²) in [4.78, 5) is 35.1. The van der Waals surface area contributed by atoms with Gasteiger partial charge in [-0.05, 0) is 61.1 Å². The normalized spacial score (nSPS) is 41.5. The number of likely N-dealkylation sites (N-methyl/N-ethyl adjacent to an activating group) is 1. The number of nitrogens with zero attached hydrogens (tertiary/aromatic N) is 2. The van der Waals surface area contributed by atoms with E-state index in [1.54, 1.807) is 27.7 Å². The molecule has 0 aromatic carbocycles. The Morgan fingerprint density at radius 1 is 1.12 bits per heavy atom. The van der Waals surface area contributed by atoms with Crippen LogP contribution < -0.4 is 5.32 Å². The molecule has 2 heterocycles. The molecule has 0 saturated carbocycles. The summed E-state index contributed by atoms with van der Waals surface area (Å²) in [5, 5.41) is 42.1. The van der Waals surface area contributed by atoms with Gasteiger partial charge in [0.25, 0.3) is 0 Å². The van der Waals surface area contributed by atoms with Crippen LogP contribution in [0.2, 0.25) is 0 Å². The Labute approximate surface area is 287 Å². The molecule has 2 saturated heterocycles. The minimum Gasteiger partial charge on any atom is -0.459 e. The number of ether oxygens (including phenoxy) is 4. The van der Waals surface area contributed by atoms with Crippen LogP contribution in [0.25, 0.3) is 0 Å². The lowest BCUT2D eigenvalue weighted by Crippen LogP contribution is -2.60. The number of ketones is 1. The van der Waals surface area contributed by atoms with Crippen molar-refractivity contribution in [3.63, 3.8) is 0 Å². The fourth-order valence-corrected chi connectivity index (χ4v) is 7.01. The van der Waals surface area contributed by atoms with Gasteiger partial charge >= 0.3 is 5.97 Å². The molecule has 0 radical (unpaired) electrons. The number of esters is 1. The molecule has 2 aliphatic heterocycles. The summed E-state index contributed by atoms with van der Waals surface area (Å²) in [6.07, 6.45) is 0.316. The molecule has 13 nitrogen and oxygen atoms in total. The van der Waals surface area contributed by atoms with Crippen LogP contribution in [0.15, 0.2) is 5.16 Å². The third kappa shape index (κ3) is 9.97. The topological polar surface area (TPSA) is 169 Å². The first-order valence-electron chi connectivity index (χ1n) is 17.1. The monoisotopic (exact) mass is 683 g/mol. The summed E-state index contributed by atoms with van der Waals surface area (Å²) < 4.78 is 24.6. The number of carbonyl (C=O) groups is 2. The van der Waals surface area contributed by atoms with Crippen molar-refractivity contribution >= 4 is 17.5 Å². The number of carbonyl (C=O) groups excluding carboxylic acids is 2. The van der Waals surface area contributed by atoms with Crippen LogP contribution in [0.5, 0.6) is 0 Å². The standard InChI is InChI=1S/C35H61N3O10/c1-13-15-36-16-17-45-37-27-20(3)19-34(8,44-12)31(48-33-29(40)25(38(10)11)18-21(4)46-33)23(6)28(39)24(7)32(42)47-26(14-2)35(9,43)30(41)22(27)5/h1,20-26,29-31,33,36,40-41,43H,14-19H2,2-12H3/b37-27+/t20-,21-,22+,23+,24-,25+,26-,29-,30-,31-,33+,34-,35-/m1/s1. The lowest BCUT2D eigenvalue weighted by molar-refractivity contribution is -0.295. The number of cyclic esters (lactones) is 1. The number of Topliss-reactive ketones (excluding diaryl/α,β-unsaturated/α-hetero) is 1. The Morgan fingerprint density at radius 3 is 2.33 bits per heavy atom. The van der Waals surface area contributed by atoms with Crippen LogP contribution >= 0.6 is 0 Å². The predicted molar refractivity (Wildman–Crippen MR) is 181 cm³/mol. The van der Waals surface area contributed by atoms with E-state index in [2.05, 4.69) is 16.4 Å². The van der Waals surface area contributed by atoms with Crippen LogP contribution in [-0.4, -0.2) is 133 Å². The zero-order chi connectivity index (χ0) is 36.6. The van der Waals surface area contributed by atoms with Gasteiger partial charge in [0.2, 0.25) is 0 Å². The second-order valence-corrected chi connectivity index (χ2v) is 14.2. The minimum atomic E-state index is -1.90. The largest absolute Gasteiger partial charge is 0.459 e. The Kier molecular flexibility index (Phi) is 15.9. The summed E-state index contributed by atoms with van der Waals surface area (Å²) in [7, 11) is 5.24. The van der Waals surface area contributed by atoms with E-state index in [4.69, 9.17) is 30.2 Å². The first kappa shape index (κ1) is 42.0. The molecule has 13 atom stereocenters. The molecule has 2 rings (SSSR count). The Hall–Kier alpha value is -2.15. The highest BCUT2D eigenvalue weighted by Crippen LogP contribution is 2.38. The number of aliphatic hydroxyl groups is 3. The maximum Gasteiger partial charge on any atom is 0.316 e. The van der Waals surface area contributed by atoms with Crippen molar-refractivity contribution < 1.29 is 48.7 Å². The van der Waals surface area contributed by atoms with Gasteiger partial charge in [0, 0.05) is 37.5 Å². The van der Waals surface area contributed by atoms with Crippen molar-refractivity contribution in [1.82, 2.24) is 10.2 Å². The van der Waals surface area contributed by atoms with E-state index >= 15 is 0 Å². The van der Waals surface area contributed by atoms with E-state index in [0.29, 0.717) is 25.2 Å². The van der Waals surface area contributed by atoms with Gasteiger partial charge in [-0.3, -0.25) is 9.59 Å². The van der Waals surface area contributed by atoms with Gasteiger partial charge in [-0.15, -0.1) is 6.42 Å². The maximum atomic E-state index is 14.0. The molecular formula is C35H61N3O10. The van der Waals surface area contributed by atoms with Crippen molar-refractivity contribution in [2.24, 2.45) is 28.8 Å². The summed E-state index contributed by atoms with van der Waals surface area (Å²) in [5.41, 5.74) is -2.70.